The Morgan fingerprint density at radius 2 is 2.29 bits per heavy atom. The van der Waals surface area contributed by atoms with E-state index >= 15 is 0 Å². The van der Waals surface area contributed by atoms with Crippen molar-refractivity contribution >= 4 is 16.3 Å². The van der Waals surface area contributed by atoms with Crippen molar-refractivity contribution in [1.82, 2.24) is 0 Å². The molecule has 0 aromatic carbocycles. The molecule has 1 aliphatic rings. The molecule has 2 N–H and O–H groups in total. The second kappa shape index (κ2) is 3.67. The van der Waals surface area contributed by atoms with Crippen molar-refractivity contribution in [2.45, 2.75) is 25.3 Å². The predicted octanol–water partition coefficient (Wildman–Crippen LogP) is 2.46. The topological polar surface area (TPSA) is 69.2 Å². The molecule has 1 heterocycles. The maximum atomic E-state index is 10.5. The van der Waals surface area contributed by atoms with Crippen molar-refractivity contribution in [2.75, 3.05) is 0 Å². The zero-order chi connectivity index (χ0) is 10.1. The summed E-state index contributed by atoms with van der Waals surface area (Å²) in [7, 11) is 0. The number of hydrogen-bond acceptors (Lipinski definition) is 4. The van der Waals surface area contributed by atoms with Gasteiger partial charge in [-0.05, 0) is 24.8 Å². The molecule has 0 aliphatic heterocycles. The van der Waals surface area contributed by atoms with Gasteiger partial charge in [-0.15, -0.1) is 0 Å². The molecular formula is C9H12N2O2S. The van der Waals surface area contributed by atoms with Crippen LogP contribution in [-0.2, 0) is 0 Å². The molecule has 4 nitrogen and oxygen atoms in total. The van der Waals surface area contributed by atoms with Gasteiger partial charge in [0.2, 0.25) is 0 Å². The summed E-state index contributed by atoms with van der Waals surface area (Å²) in [4.78, 5) is 11.1. The van der Waals surface area contributed by atoms with Crippen molar-refractivity contribution < 1.29 is 4.92 Å². The van der Waals surface area contributed by atoms with Crippen LogP contribution in [0.1, 0.15) is 30.2 Å². The van der Waals surface area contributed by atoms with Crippen LogP contribution in [0.15, 0.2) is 12.1 Å². The van der Waals surface area contributed by atoms with Gasteiger partial charge in [0.25, 0.3) is 0 Å². The minimum atomic E-state index is -0.359. The fourth-order valence-corrected chi connectivity index (χ4v) is 2.57. The monoisotopic (exact) mass is 212 g/mol. The number of nitro groups is 1. The molecule has 1 atom stereocenters. The van der Waals surface area contributed by atoms with Crippen LogP contribution in [0.3, 0.4) is 0 Å². The van der Waals surface area contributed by atoms with Crippen LogP contribution in [0.5, 0.6) is 0 Å². The van der Waals surface area contributed by atoms with Gasteiger partial charge in [-0.1, -0.05) is 17.8 Å². The molecule has 5 heteroatoms. The summed E-state index contributed by atoms with van der Waals surface area (Å²) in [5.41, 5.74) is 6.00. The molecule has 1 aliphatic carbocycles. The smallest absolute Gasteiger partial charge is 0.323 e. The summed E-state index contributed by atoms with van der Waals surface area (Å²) >= 11 is 1.20. The average Bonchev–Trinajstić information content (AvgIpc) is 2.48. The summed E-state index contributed by atoms with van der Waals surface area (Å²) < 4.78 is 0. The maximum Gasteiger partial charge on any atom is 0.324 e. The normalized spacial score (nSPS) is 18.9. The highest BCUT2D eigenvalue weighted by molar-refractivity contribution is 7.15. The summed E-state index contributed by atoms with van der Waals surface area (Å²) in [5.74, 6) is 0.535. The van der Waals surface area contributed by atoms with Crippen molar-refractivity contribution in [3.8, 4) is 0 Å². The van der Waals surface area contributed by atoms with Crippen LogP contribution in [-0.4, -0.2) is 4.92 Å². The number of rotatable bonds is 3. The minimum absolute atomic E-state index is 0.00227. The third-order valence-electron chi connectivity index (χ3n) is 2.78. The second-order valence-corrected chi connectivity index (χ2v) is 4.74. The molecule has 1 aromatic rings. The molecule has 0 saturated heterocycles. The molecule has 76 valence electrons. The largest absolute Gasteiger partial charge is 0.324 e. The molecule has 1 saturated carbocycles. The van der Waals surface area contributed by atoms with Crippen LogP contribution in [0.2, 0.25) is 0 Å². The van der Waals surface area contributed by atoms with E-state index < -0.39 is 0 Å². The Morgan fingerprint density at radius 1 is 1.57 bits per heavy atom. The summed E-state index contributed by atoms with van der Waals surface area (Å²) in [6.45, 7) is 0. The third-order valence-corrected chi connectivity index (χ3v) is 3.92. The molecular weight excluding hydrogens is 200 g/mol. The number of hydrogen-bond donors (Lipinski definition) is 1. The highest BCUT2D eigenvalue weighted by Crippen LogP contribution is 2.39. The van der Waals surface area contributed by atoms with Crippen LogP contribution < -0.4 is 5.73 Å². The van der Waals surface area contributed by atoms with Gasteiger partial charge in [0.15, 0.2) is 0 Å². The van der Waals surface area contributed by atoms with Gasteiger partial charge >= 0.3 is 5.00 Å². The van der Waals surface area contributed by atoms with Gasteiger partial charge in [0, 0.05) is 17.0 Å². The lowest BCUT2D eigenvalue weighted by molar-refractivity contribution is -0.380. The molecule has 1 fully saturated rings. The Kier molecular flexibility index (Phi) is 2.52. The first kappa shape index (κ1) is 9.61. The van der Waals surface area contributed by atoms with Crippen LogP contribution in [0.4, 0.5) is 5.00 Å². The molecule has 1 aromatic heterocycles. The first-order valence-corrected chi connectivity index (χ1v) is 5.50. The number of nitrogens with two attached hydrogens (primary N) is 1. The summed E-state index contributed by atoms with van der Waals surface area (Å²) in [6, 6.07) is 3.33. The van der Waals surface area contributed by atoms with E-state index in [1.807, 2.05) is 0 Å². The first-order chi connectivity index (χ1) is 6.68. The van der Waals surface area contributed by atoms with E-state index in [0.29, 0.717) is 5.92 Å². The lowest BCUT2D eigenvalue weighted by Crippen LogP contribution is -2.25. The van der Waals surface area contributed by atoms with Crippen molar-refractivity contribution in [3.05, 3.63) is 27.1 Å². The molecule has 0 spiro atoms. The highest BCUT2D eigenvalue weighted by atomic mass is 32.1. The summed E-state index contributed by atoms with van der Waals surface area (Å²) in [6.07, 6.45) is 3.56. The lowest BCUT2D eigenvalue weighted by atomic mass is 9.79. The third kappa shape index (κ3) is 1.65. The zero-order valence-electron chi connectivity index (χ0n) is 7.68. The lowest BCUT2D eigenvalue weighted by Gasteiger charge is -2.30. The Labute approximate surface area is 85.9 Å². The first-order valence-electron chi connectivity index (χ1n) is 4.68. The Balaban J connectivity index is 2.11. The van der Waals surface area contributed by atoms with Gasteiger partial charge < -0.3 is 5.73 Å². The standard InChI is InChI=1S/C9H12N2O2S/c10-9(6-2-1-3-6)7-4-5-8(14-7)11(12)13/h4-6,9H,1-3,10H2/t9-/m0/s1. The maximum absolute atomic E-state index is 10.5. The fourth-order valence-electron chi connectivity index (χ4n) is 1.65. The predicted molar refractivity (Wildman–Crippen MR) is 55.2 cm³/mol. The molecule has 0 radical (unpaired) electrons. The van der Waals surface area contributed by atoms with E-state index in [2.05, 4.69) is 0 Å². The van der Waals surface area contributed by atoms with Crippen molar-refractivity contribution in [1.29, 1.82) is 0 Å². The van der Waals surface area contributed by atoms with E-state index in [0.717, 1.165) is 17.7 Å². The zero-order valence-corrected chi connectivity index (χ0v) is 8.50. The quantitative estimate of drug-likeness (QED) is 0.618. The minimum Gasteiger partial charge on any atom is -0.323 e. The second-order valence-electron chi connectivity index (χ2n) is 3.65. The van der Waals surface area contributed by atoms with Crippen LogP contribution in [0.25, 0.3) is 0 Å². The van der Waals surface area contributed by atoms with Gasteiger partial charge in [0.05, 0.1) is 4.92 Å². The Bertz CT molecular complexity index is 346. The summed E-state index contributed by atoms with van der Waals surface area (Å²) in [5, 5.41) is 10.7. The van der Waals surface area contributed by atoms with E-state index in [9.17, 15) is 10.1 Å². The van der Waals surface area contributed by atoms with E-state index in [1.165, 1.54) is 17.8 Å². The van der Waals surface area contributed by atoms with Crippen molar-refractivity contribution in [2.24, 2.45) is 11.7 Å². The van der Waals surface area contributed by atoms with Gasteiger partial charge in [-0.2, -0.15) is 0 Å². The van der Waals surface area contributed by atoms with E-state index in [-0.39, 0.29) is 16.0 Å². The fraction of sp³-hybridized carbons (Fsp3) is 0.556. The Hall–Kier alpha value is -0.940. The molecule has 14 heavy (non-hydrogen) atoms. The number of thiophene rings is 1. The highest BCUT2D eigenvalue weighted by Gasteiger charge is 2.27. The molecule has 0 bridgehead atoms. The molecule has 2 rings (SSSR count). The van der Waals surface area contributed by atoms with Crippen LogP contribution in [0, 0.1) is 16.0 Å². The van der Waals surface area contributed by atoms with Gasteiger partial charge in [0.1, 0.15) is 0 Å². The number of nitrogens with zero attached hydrogens (tertiary/aromatic N) is 1. The molecule has 0 unspecified atom stereocenters. The SMILES string of the molecule is N[C@H](c1ccc([N+](=O)[O-])s1)C1CCC1. The van der Waals surface area contributed by atoms with E-state index in [1.54, 1.807) is 12.1 Å². The van der Waals surface area contributed by atoms with Crippen molar-refractivity contribution in [3.63, 3.8) is 0 Å². The van der Waals surface area contributed by atoms with Gasteiger partial charge in [-0.25, -0.2) is 0 Å². The Morgan fingerprint density at radius 3 is 2.71 bits per heavy atom. The van der Waals surface area contributed by atoms with Gasteiger partial charge in [-0.3, -0.25) is 10.1 Å². The molecule has 0 amide bonds. The van der Waals surface area contributed by atoms with Crippen LogP contribution >= 0.6 is 11.3 Å². The van der Waals surface area contributed by atoms with E-state index in [4.69, 9.17) is 5.73 Å². The average molecular weight is 212 g/mol.